The molecule has 0 saturated carbocycles. The van der Waals surface area contributed by atoms with Gasteiger partial charge in [0.25, 0.3) is 5.91 Å². The molecule has 0 unspecified atom stereocenters. The quantitative estimate of drug-likeness (QED) is 0.860. The highest BCUT2D eigenvalue weighted by Gasteiger charge is 2.36. The summed E-state index contributed by atoms with van der Waals surface area (Å²) in [6.07, 6.45) is 4.90. The van der Waals surface area contributed by atoms with Crippen molar-refractivity contribution in [3.8, 4) is 0 Å². The number of likely N-dealkylation sites (tertiary alicyclic amines) is 1. The molecule has 3 nitrogen and oxygen atoms in total. The monoisotopic (exact) mass is 322 g/mol. The average molecular weight is 323 g/mol. The number of hydrogen-bond donors (Lipinski definition) is 1. The number of nitrogens with one attached hydrogen (secondary N) is 1. The zero-order valence-electron chi connectivity index (χ0n) is 13.7. The van der Waals surface area contributed by atoms with Crippen LogP contribution >= 0.6 is 12.4 Å². The molecule has 0 radical (unpaired) electrons. The van der Waals surface area contributed by atoms with Gasteiger partial charge in [0.1, 0.15) is 0 Å². The molecule has 1 spiro atoms. The minimum absolute atomic E-state index is 0. The fourth-order valence-corrected chi connectivity index (χ4v) is 3.92. The smallest absolute Gasteiger partial charge is 0.253 e. The molecule has 0 bridgehead atoms. The maximum absolute atomic E-state index is 12.7. The summed E-state index contributed by atoms with van der Waals surface area (Å²) in [6, 6.07) is 6.16. The lowest BCUT2D eigenvalue weighted by Crippen LogP contribution is -2.47. The first-order valence-corrected chi connectivity index (χ1v) is 8.16. The molecule has 22 heavy (non-hydrogen) atoms. The van der Waals surface area contributed by atoms with E-state index in [1.165, 1.54) is 36.8 Å². The van der Waals surface area contributed by atoms with E-state index in [1.54, 1.807) is 0 Å². The maximum Gasteiger partial charge on any atom is 0.253 e. The number of aryl methyl sites for hydroxylation is 2. The van der Waals surface area contributed by atoms with Gasteiger partial charge in [-0.15, -0.1) is 12.4 Å². The number of benzene rings is 1. The fourth-order valence-electron chi connectivity index (χ4n) is 3.92. The summed E-state index contributed by atoms with van der Waals surface area (Å²) in [5.74, 6) is 0.214. The molecule has 2 aliphatic rings. The van der Waals surface area contributed by atoms with Gasteiger partial charge in [-0.25, -0.2) is 0 Å². The summed E-state index contributed by atoms with van der Waals surface area (Å²) in [5.41, 5.74) is 3.70. The Bertz CT molecular complexity index is 508. The highest BCUT2D eigenvalue weighted by atomic mass is 35.5. The molecule has 1 aromatic rings. The van der Waals surface area contributed by atoms with Crippen LogP contribution in [0.4, 0.5) is 0 Å². The molecule has 3 rings (SSSR count). The van der Waals surface area contributed by atoms with Crippen LogP contribution in [-0.2, 0) is 0 Å². The van der Waals surface area contributed by atoms with E-state index in [2.05, 4.69) is 30.1 Å². The fraction of sp³-hybridized carbons (Fsp3) is 0.611. The van der Waals surface area contributed by atoms with Gasteiger partial charge in [-0.2, -0.15) is 0 Å². The number of amides is 1. The van der Waals surface area contributed by atoms with Gasteiger partial charge in [0.2, 0.25) is 0 Å². The van der Waals surface area contributed by atoms with E-state index in [4.69, 9.17) is 0 Å². The van der Waals surface area contributed by atoms with E-state index in [0.29, 0.717) is 5.41 Å². The largest absolute Gasteiger partial charge is 0.339 e. The molecule has 2 saturated heterocycles. The first-order valence-electron chi connectivity index (χ1n) is 8.16. The zero-order chi connectivity index (χ0) is 14.9. The minimum atomic E-state index is 0. The number of carbonyl (C=O) groups excluding carboxylic acids is 1. The molecular weight excluding hydrogens is 296 g/mol. The van der Waals surface area contributed by atoms with Crippen molar-refractivity contribution in [3.63, 3.8) is 0 Å². The van der Waals surface area contributed by atoms with Gasteiger partial charge in [-0.05, 0) is 70.2 Å². The standard InChI is InChI=1S/C18H26N2O.ClH/c1-14-11-15(2)13-16(12-14)17(21)20-9-5-18(6-10-20)3-7-19-8-4-18;/h11-13,19H,3-10H2,1-2H3;1H. The Labute approximate surface area is 139 Å². The molecule has 2 heterocycles. The van der Waals surface area contributed by atoms with Crippen molar-refractivity contribution in [1.29, 1.82) is 0 Å². The van der Waals surface area contributed by atoms with Crippen LogP contribution < -0.4 is 5.32 Å². The molecule has 2 aliphatic heterocycles. The number of halogens is 1. The van der Waals surface area contributed by atoms with Crippen LogP contribution in [-0.4, -0.2) is 37.0 Å². The Morgan fingerprint density at radius 1 is 1.00 bits per heavy atom. The van der Waals surface area contributed by atoms with Gasteiger partial charge in [0.05, 0.1) is 0 Å². The van der Waals surface area contributed by atoms with Crippen molar-refractivity contribution in [2.24, 2.45) is 5.41 Å². The van der Waals surface area contributed by atoms with Gasteiger partial charge in [-0.1, -0.05) is 17.2 Å². The van der Waals surface area contributed by atoms with Crippen LogP contribution in [0.5, 0.6) is 0 Å². The summed E-state index contributed by atoms with van der Waals surface area (Å²) in [5, 5.41) is 3.45. The molecule has 0 atom stereocenters. The van der Waals surface area contributed by atoms with Crippen molar-refractivity contribution < 1.29 is 4.79 Å². The molecule has 1 amide bonds. The van der Waals surface area contributed by atoms with Gasteiger partial charge >= 0.3 is 0 Å². The van der Waals surface area contributed by atoms with Crippen LogP contribution in [0.3, 0.4) is 0 Å². The predicted octanol–water partition coefficient (Wildman–Crippen LogP) is 3.33. The Balaban J connectivity index is 0.00000176. The first kappa shape index (κ1) is 17.3. The molecule has 1 N–H and O–H groups in total. The Morgan fingerprint density at radius 2 is 1.55 bits per heavy atom. The van der Waals surface area contributed by atoms with E-state index in [0.717, 1.165) is 31.7 Å². The minimum Gasteiger partial charge on any atom is -0.339 e. The van der Waals surface area contributed by atoms with Crippen molar-refractivity contribution >= 4 is 18.3 Å². The van der Waals surface area contributed by atoms with E-state index < -0.39 is 0 Å². The number of hydrogen-bond acceptors (Lipinski definition) is 2. The van der Waals surface area contributed by atoms with E-state index in [-0.39, 0.29) is 18.3 Å². The first-order chi connectivity index (χ1) is 10.1. The van der Waals surface area contributed by atoms with Crippen LogP contribution in [0, 0.1) is 19.3 Å². The van der Waals surface area contributed by atoms with Crippen LogP contribution in [0.2, 0.25) is 0 Å². The van der Waals surface area contributed by atoms with Gasteiger partial charge < -0.3 is 10.2 Å². The maximum atomic E-state index is 12.7. The number of piperidine rings is 2. The second kappa shape index (κ2) is 7.01. The molecule has 122 valence electrons. The van der Waals surface area contributed by atoms with Crippen LogP contribution in [0.25, 0.3) is 0 Å². The third-order valence-electron chi connectivity index (χ3n) is 5.24. The topological polar surface area (TPSA) is 32.3 Å². The van der Waals surface area contributed by atoms with Crippen molar-refractivity contribution in [3.05, 3.63) is 34.9 Å². The van der Waals surface area contributed by atoms with Crippen LogP contribution in [0.1, 0.15) is 47.2 Å². The molecule has 0 aliphatic carbocycles. The third-order valence-corrected chi connectivity index (χ3v) is 5.24. The van der Waals surface area contributed by atoms with E-state index in [1.807, 2.05) is 12.1 Å². The highest BCUT2D eigenvalue weighted by Crippen LogP contribution is 2.39. The van der Waals surface area contributed by atoms with Crippen molar-refractivity contribution in [2.45, 2.75) is 39.5 Å². The Morgan fingerprint density at radius 3 is 2.09 bits per heavy atom. The average Bonchev–Trinajstić information content (AvgIpc) is 2.47. The van der Waals surface area contributed by atoms with Gasteiger partial charge in [-0.3, -0.25) is 4.79 Å². The van der Waals surface area contributed by atoms with Crippen LogP contribution in [0.15, 0.2) is 18.2 Å². The second-order valence-corrected chi connectivity index (χ2v) is 6.92. The normalized spacial score (nSPS) is 20.5. The van der Waals surface area contributed by atoms with Gasteiger partial charge in [0.15, 0.2) is 0 Å². The molecular formula is C18H27ClN2O. The zero-order valence-corrected chi connectivity index (χ0v) is 14.5. The molecule has 2 fully saturated rings. The summed E-state index contributed by atoms with van der Waals surface area (Å²) in [4.78, 5) is 14.7. The summed E-state index contributed by atoms with van der Waals surface area (Å²) >= 11 is 0. The number of nitrogens with zero attached hydrogens (tertiary/aromatic N) is 1. The summed E-state index contributed by atoms with van der Waals surface area (Å²) in [7, 11) is 0. The van der Waals surface area contributed by atoms with Crippen molar-refractivity contribution in [2.75, 3.05) is 26.2 Å². The molecule has 1 aromatic carbocycles. The van der Waals surface area contributed by atoms with E-state index >= 15 is 0 Å². The lowest BCUT2D eigenvalue weighted by molar-refractivity contribution is 0.0495. The lowest BCUT2D eigenvalue weighted by Gasteiger charge is -2.44. The Hall–Kier alpha value is -1.06. The third kappa shape index (κ3) is 3.64. The lowest BCUT2D eigenvalue weighted by atomic mass is 9.71. The highest BCUT2D eigenvalue weighted by molar-refractivity contribution is 5.94. The predicted molar refractivity (Wildman–Crippen MR) is 92.8 cm³/mol. The number of carbonyl (C=O) groups is 1. The Kier molecular flexibility index (Phi) is 5.51. The summed E-state index contributed by atoms with van der Waals surface area (Å²) in [6.45, 7) is 8.25. The van der Waals surface area contributed by atoms with Crippen molar-refractivity contribution in [1.82, 2.24) is 10.2 Å². The molecule has 4 heteroatoms. The van der Waals surface area contributed by atoms with Gasteiger partial charge in [0, 0.05) is 18.7 Å². The second-order valence-electron chi connectivity index (χ2n) is 6.92. The SMILES string of the molecule is Cc1cc(C)cc(C(=O)N2CCC3(CCNCC3)CC2)c1.Cl. The molecule has 0 aromatic heterocycles. The van der Waals surface area contributed by atoms with E-state index in [9.17, 15) is 4.79 Å². The summed E-state index contributed by atoms with van der Waals surface area (Å²) < 4.78 is 0. The number of rotatable bonds is 1.